The lowest BCUT2D eigenvalue weighted by molar-refractivity contribution is 0.400. The summed E-state index contributed by atoms with van der Waals surface area (Å²) in [6.07, 6.45) is 1.73. The van der Waals surface area contributed by atoms with Crippen LogP contribution in [0.25, 0.3) is 0 Å². The number of rotatable bonds is 6. The van der Waals surface area contributed by atoms with Crippen molar-refractivity contribution in [1.82, 2.24) is 10.3 Å². The first-order chi connectivity index (χ1) is 9.76. The molecule has 0 spiro atoms. The molecule has 1 aromatic carbocycles. The number of aromatic nitrogens is 1. The van der Waals surface area contributed by atoms with Crippen LogP contribution in [0.15, 0.2) is 47.5 Å². The van der Waals surface area contributed by atoms with E-state index < -0.39 is 0 Å². The standard InChI is InChI=1S/C15H17FN2OS/c1-17-12(15-13(19-2)7-5-9-18-15)10-20-14-8-4-3-6-11(14)16/h3-9,12,17H,10H2,1-2H3. The van der Waals surface area contributed by atoms with Gasteiger partial charge in [0, 0.05) is 16.8 Å². The summed E-state index contributed by atoms with van der Waals surface area (Å²) in [6.45, 7) is 0. The van der Waals surface area contributed by atoms with E-state index in [4.69, 9.17) is 4.74 Å². The molecule has 0 amide bonds. The highest BCUT2D eigenvalue weighted by molar-refractivity contribution is 7.99. The number of nitrogens with zero attached hydrogens (tertiary/aromatic N) is 1. The van der Waals surface area contributed by atoms with Crippen LogP contribution in [0.3, 0.4) is 0 Å². The molecular formula is C15H17FN2OS. The summed E-state index contributed by atoms with van der Waals surface area (Å²) in [6, 6.07) is 10.5. The van der Waals surface area contributed by atoms with E-state index in [1.54, 1.807) is 25.4 Å². The lowest BCUT2D eigenvalue weighted by atomic mass is 10.2. The van der Waals surface area contributed by atoms with Crippen molar-refractivity contribution in [3.05, 3.63) is 54.1 Å². The molecule has 0 aliphatic carbocycles. The number of nitrogens with one attached hydrogen (secondary N) is 1. The number of thioether (sulfide) groups is 1. The fourth-order valence-electron chi connectivity index (χ4n) is 1.87. The minimum atomic E-state index is -0.194. The average molecular weight is 292 g/mol. The fraction of sp³-hybridized carbons (Fsp3) is 0.267. The summed E-state index contributed by atoms with van der Waals surface area (Å²) in [4.78, 5) is 5.00. The van der Waals surface area contributed by atoms with Crippen LogP contribution in [-0.2, 0) is 0 Å². The molecule has 0 saturated carbocycles. The Hall–Kier alpha value is -1.59. The van der Waals surface area contributed by atoms with Crippen LogP contribution < -0.4 is 10.1 Å². The molecular weight excluding hydrogens is 275 g/mol. The second-order valence-electron chi connectivity index (χ2n) is 4.17. The zero-order chi connectivity index (χ0) is 14.4. The van der Waals surface area contributed by atoms with Gasteiger partial charge in [0.1, 0.15) is 11.6 Å². The summed E-state index contributed by atoms with van der Waals surface area (Å²) < 4.78 is 18.9. The van der Waals surface area contributed by atoms with E-state index >= 15 is 0 Å². The van der Waals surface area contributed by atoms with E-state index in [0.29, 0.717) is 10.6 Å². The van der Waals surface area contributed by atoms with Crippen LogP contribution in [0.4, 0.5) is 4.39 Å². The van der Waals surface area contributed by atoms with Gasteiger partial charge >= 0.3 is 0 Å². The molecule has 106 valence electrons. The number of halogens is 1. The van der Waals surface area contributed by atoms with Gasteiger partial charge in [0.25, 0.3) is 0 Å². The third-order valence-electron chi connectivity index (χ3n) is 2.94. The SMILES string of the molecule is CNC(CSc1ccccc1F)c1ncccc1OC. The molecule has 0 bridgehead atoms. The normalized spacial score (nSPS) is 12.2. The number of pyridine rings is 1. The van der Waals surface area contributed by atoms with Gasteiger partial charge in [-0.2, -0.15) is 0 Å². The topological polar surface area (TPSA) is 34.2 Å². The predicted molar refractivity (Wildman–Crippen MR) is 79.7 cm³/mol. The summed E-state index contributed by atoms with van der Waals surface area (Å²) >= 11 is 1.46. The van der Waals surface area contributed by atoms with Crippen LogP contribution in [0, 0.1) is 5.82 Å². The van der Waals surface area contributed by atoms with Crippen LogP contribution in [-0.4, -0.2) is 24.9 Å². The number of hydrogen-bond acceptors (Lipinski definition) is 4. The van der Waals surface area contributed by atoms with E-state index in [0.717, 1.165) is 11.4 Å². The summed E-state index contributed by atoms with van der Waals surface area (Å²) in [7, 11) is 3.48. The van der Waals surface area contributed by atoms with Crippen molar-refractivity contribution < 1.29 is 9.13 Å². The second-order valence-corrected chi connectivity index (χ2v) is 5.24. The van der Waals surface area contributed by atoms with Crippen molar-refractivity contribution in [2.75, 3.05) is 19.9 Å². The zero-order valence-electron chi connectivity index (χ0n) is 11.5. The Labute approximate surface area is 122 Å². The van der Waals surface area contributed by atoms with Crippen LogP contribution in [0.2, 0.25) is 0 Å². The van der Waals surface area contributed by atoms with Crippen molar-refractivity contribution in [2.45, 2.75) is 10.9 Å². The first kappa shape index (κ1) is 14.8. The molecule has 0 fully saturated rings. The van der Waals surface area contributed by atoms with Crippen LogP contribution >= 0.6 is 11.8 Å². The number of ether oxygens (including phenoxy) is 1. The average Bonchev–Trinajstić information content (AvgIpc) is 2.50. The van der Waals surface area contributed by atoms with Gasteiger partial charge in [0.2, 0.25) is 0 Å². The Kier molecular flexibility index (Phi) is 5.38. The molecule has 1 unspecified atom stereocenters. The van der Waals surface area contributed by atoms with E-state index in [1.165, 1.54) is 17.8 Å². The van der Waals surface area contributed by atoms with Gasteiger partial charge < -0.3 is 10.1 Å². The van der Waals surface area contributed by atoms with Crippen molar-refractivity contribution in [3.8, 4) is 5.75 Å². The van der Waals surface area contributed by atoms with Crippen molar-refractivity contribution in [2.24, 2.45) is 0 Å². The Morgan fingerprint density at radius 3 is 2.80 bits per heavy atom. The van der Waals surface area contributed by atoms with E-state index in [-0.39, 0.29) is 11.9 Å². The lowest BCUT2D eigenvalue weighted by Gasteiger charge is -2.17. The lowest BCUT2D eigenvalue weighted by Crippen LogP contribution is -2.20. The Morgan fingerprint density at radius 1 is 1.30 bits per heavy atom. The molecule has 2 rings (SSSR count). The highest BCUT2D eigenvalue weighted by atomic mass is 32.2. The summed E-state index contributed by atoms with van der Waals surface area (Å²) in [5, 5.41) is 3.20. The number of hydrogen-bond donors (Lipinski definition) is 1. The molecule has 1 N–H and O–H groups in total. The predicted octanol–water partition coefficient (Wildman–Crippen LogP) is 3.28. The molecule has 1 atom stereocenters. The molecule has 0 saturated heterocycles. The molecule has 0 aliphatic heterocycles. The van der Waals surface area contributed by atoms with E-state index in [1.807, 2.05) is 25.2 Å². The highest BCUT2D eigenvalue weighted by Gasteiger charge is 2.16. The molecule has 2 aromatic rings. The minimum absolute atomic E-state index is 0.00393. The van der Waals surface area contributed by atoms with Gasteiger partial charge in [-0.3, -0.25) is 4.98 Å². The van der Waals surface area contributed by atoms with Gasteiger partial charge in [-0.1, -0.05) is 12.1 Å². The summed E-state index contributed by atoms with van der Waals surface area (Å²) in [5.41, 5.74) is 0.835. The maximum atomic E-state index is 13.6. The Bertz CT molecular complexity index is 565. The molecule has 0 aliphatic rings. The Balaban J connectivity index is 2.11. The molecule has 1 heterocycles. The largest absolute Gasteiger partial charge is 0.495 e. The first-order valence-corrected chi connectivity index (χ1v) is 7.28. The van der Waals surface area contributed by atoms with Gasteiger partial charge in [0.15, 0.2) is 0 Å². The third kappa shape index (κ3) is 3.49. The quantitative estimate of drug-likeness (QED) is 0.829. The van der Waals surface area contributed by atoms with Crippen LogP contribution in [0.1, 0.15) is 11.7 Å². The maximum absolute atomic E-state index is 13.6. The molecule has 3 nitrogen and oxygen atoms in total. The molecule has 1 aromatic heterocycles. The number of methoxy groups -OCH3 is 1. The van der Waals surface area contributed by atoms with E-state index in [2.05, 4.69) is 10.3 Å². The molecule has 20 heavy (non-hydrogen) atoms. The minimum Gasteiger partial charge on any atom is -0.495 e. The fourth-order valence-corrected chi connectivity index (χ4v) is 2.92. The smallest absolute Gasteiger partial charge is 0.142 e. The number of benzene rings is 1. The van der Waals surface area contributed by atoms with Crippen molar-refractivity contribution >= 4 is 11.8 Å². The third-order valence-corrected chi connectivity index (χ3v) is 4.08. The van der Waals surface area contributed by atoms with Gasteiger partial charge in [0.05, 0.1) is 18.8 Å². The van der Waals surface area contributed by atoms with Gasteiger partial charge in [-0.25, -0.2) is 4.39 Å². The second kappa shape index (κ2) is 7.26. The zero-order valence-corrected chi connectivity index (χ0v) is 12.3. The van der Waals surface area contributed by atoms with Gasteiger partial charge in [-0.05, 0) is 31.3 Å². The van der Waals surface area contributed by atoms with Gasteiger partial charge in [-0.15, -0.1) is 11.8 Å². The molecule has 5 heteroatoms. The van der Waals surface area contributed by atoms with Crippen LogP contribution in [0.5, 0.6) is 5.75 Å². The van der Waals surface area contributed by atoms with E-state index in [9.17, 15) is 4.39 Å². The van der Waals surface area contributed by atoms with Crippen molar-refractivity contribution in [3.63, 3.8) is 0 Å². The van der Waals surface area contributed by atoms with Crippen molar-refractivity contribution in [1.29, 1.82) is 0 Å². The summed E-state index contributed by atoms with van der Waals surface area (Å²) in [5.74, 6) is 1.21. The first-order valence-electron chi connectivity index (χ1n) is 6.29. The highest BCUT2D eigenvalue weighted by Crippen LogP contribution is 2.29. The Morgan fingerprint density at radius 2 is 2.10 bits per heavy atom. The monoisotopic (exact) mass is 292 g/mol. The molecule has 0 radical (unpaired) electrons. The maximum Gasteiger partial charge on any atom is 0.142 e.